The molecule has 0 spiro atoms. The molecular weight excluding hydrogens is 218 g/mol. The Morgan fingerprint density at radius 3 is 2.88 bits per heavy atom. The lowest BCUT2D eigenvalue weighted by atomic mass is 10.1. The Morgan fingerprint density at radius 2 is 2.24 bits per heavy atom. The third-order valence-corrected chi connectivity index (χ3v) is 2.55. The average molecular weight is 237 g/mol. The molecule has 0 fully saturated rings. The summed E-state index contributed by atoms with van der Waals surface area (Å²) in [6.45, 7) is 6.62. The van der Waals surface area contributed by atoms with Gasteiger partial charge in [-0.3, -0.25) is 4.79 Å². The van der Waals surface area contributed by atoms with Crippen molar-refractivity contribution in [3.8, 4) is 5.75 Å². The van der Waals surface area contributed by atoms with Crippen molar-refractivity contribution in [2.24, 2.45) is 0 Å². The zero-order valence-corrected chi connectivity index (χ0v) is 10.5. The molecule has 1 aromatic rings. The average Bonchev–Trinajstić information content (AvgIpc) is 2.30. The van der Waals surface area contributed by atoms with E-state index in [9.17, 15) is 9.90 Å². The van der Waals surface area contributed by atoms with Crippen LogP contribution < -0.4 is 5.32 Å². The quantitative estimate of drug-likeness (QED) is 0.821. The van der Waals surface area contributed by atoms with Crippen LogP contribution in [-0.2, 0) is 4.74 Å². The summed E-state index contributed by atoms with van der Waals surface area (Å²) in [4.78, 5) is 11.8. The molecular formula is C13H19NO3. The van der Waals surface area contributed by atoms with Gasteiger partial charge in [-0.1, -0.05) is 6.07 Å². The largest absolute Gasteiger partial charge is 0.508 e. The zero-order chi connectivity index (χ0) is 12.8. The van der Waals surface area contributed by atoms with Crippen molar-refractivity contribution in [2.45, 2.75) is 26.9 Å². The molecule has 1 amide bonds. The summed E-state index contributed by atoms with van der Waals surface area (Å²) in [5.74, 6) is -0.0551. The normalized spacial score (nSPS) is 12.2. The molecule has 4 heteroatoms. The molecule has 0 saturated heterocycles. The van der Waals surface area contributed by atoms with Crippen LogP contribution in [0.1, 0.15) is 29.8 Å². The standard InChI is InChI=1S/C13H19NO3/c1-4-17-9(2)8-14-13(16)11-6-5-7-12(15)10(11)3/h5-7,9,15H,4,8H2,1-3H3,(H,14,16). The van der Waals surface area contributed by atoms with Gasteiger partial charge < -0.3 is 15.2 Å². The van der Waals surface area contributed by atoms with Gasteiger partial charge >= 0.3 is 0 Å². The maximum absolute atomic E-state index is 11.8. The number of carbonyl (C=O) groups is 1. The van der Waals surface area contributed by atoms with Crippen LogP contribution in [-0.4, -0.2) is 30.3 Å². The number of benzene rings is 1. The van der Waals surface area contributed by atoms with E-state index in [-0.39, 0.29) is 17.8 Å². The first-order chi connectivity index (χ1) is 8.06. The van der Waals surface area contributed by atoms with Crippen LogP contribution in [0.3, 0.4) is 0 Å². The lowest BCUT2D eigenvalue weighted by Crippen LogP contribution is -2.32. The number of phenolic OH excluding ortho intramolecular Hbond substituents is 1. The van der Waals surface area contributed by atoms with Crippen LogP contribution in [0.5, 0.6) is 5.75 Å². The predicted molar refractivity (Wildman–Crippen MR) is 66.3 cm³/mol. The van der Waals surface area contributed by atoms with Gasteiger partial charge in [-0.2, -0.15) is 0 Å². The van der Waals surface area contributed by atoms with E-state index in [0.29, 0.717) is 24.3 Å². The molecule has 1 aromatic carbocycles. The second kappa shape index (κ2) is 6.25. The number of carbonyl (C=O) groups excluding carboxylic acids is 1. The van der Waals surface area contributed by atoms with Crippen LogP contribution in [0.2, 0.25) is 0 Å². The Labute approximate surface area is 102 Å². The highest BCUT2D eigenvalue weighted by Gasteiger charge is 2.11. The first kappa shape index (κ1) is 13.5. The van der Waals surface area contributed by atoms with E-state index in [0.717, 1.165) is 0 Å². The number of hydrogen-bond acceptors (Lipinski definition) is 3. The molecule has 2 N–H and O–H groups in total. The van der Waals surface area contributed by atoms with E-state index >= 15 is 0 Å². The second-order valence-electron chi connectivity index (χ2n) is 3.93. The first-order valence-electron chi connectivity index (χ1n) is 5.74. The summed E-state index contributed by atoms with van der Waals surface area (Å²) >= 11 is 0. The number of hydrogen-bond donors (Lipinski definition) is 2. The lowest BCUT2D eigenvalue weighted by molar-refractivity contribution is 0.0694. The Bertz CT molecular complexity index is 390. The molecule has 0 radical (unpaired) electrons. The highest BCUT2D eigenvalue weighted by molar-refractivity contribution is 5.96. The Balaban J connectivity index is 2.61. The lowest BCUT2D eigenvalue weighted by Gasteiger charge is -2.13. The molecule has 1 atom stereocenters. The van der Waals surface area contributed by atoms with E-state index in [4.69, 9.17) is 4.74 Å². The fraction of sp³-hybridized carbons (Fsp3) is 0.462. The highest BCUT2D eigenvalue weighted by atomic mass is 16.5. The van der Waals surface area contributed by atoms with Crippen molar-refractivity contribution in [1.82, 2.24) is 5.32 Å². The summed E-state index contributed by atoms with van der Waals surface area (Å²) in [7, 11) is 0. The monoisotopic (exact) mass is 237 g/mol. The molecule has 0 saturated carbocycles. The molecule has 0 bridgehead atoms. The van der Waals surface area contributed by atoms with Crippen LogP contribution in [0.4, 0.5) is 0 Å². The molecule has 0 aliphatic carbocycles. The minimum Gasteiger partial charge on any atom is -0.508 e. The summed E-state index contributed by atoms with van der Waals surface area (Å²) in [5, 5.41) is 12.3. The minimum atomic E-state index is -0.190. The van der Waals surface area contributed by atoms with E-state index in [2.05, 4.69) is 5.32 Å². The number of nitrogens with one attached hydrogen (secondary N) is 1. The molecule has 0 aromatic heterocycles. The van der Waals surface area contributed by atoms with Crippen LogP contribution in [0, 0.1) is 6.92 Å². The SMILES string of the molecule is CCOC(C)CNC(=O)c1cccc(O)c1C. The summed E-state index contributed by atoms with van der Waals surface area (Å²) in [6, 6.07) is 4.91. The van der Waals surface area contributed by atoms with E-state index < -0.39 is 0 Å². The molecule has 0 heterocycles. The van der Waals surface area contributed by atoms with Crippen molar-refractivity contribution in [3.63, 3.8) is 0 Å². The summed E-state index contributed by atoms with van der Waals surface area (Å²) in [5.41, 5.74) is 1.09. The van der Waals surface area contributed by atoms with Gasteiger partial charge in [0.15, 0.2) is 0 Å². The molecule has 94 valence electrons. The molecule has 0 aliphatic heterocycles. The number of rotatable bonds is 5. The van der Waals surface area contributed by atoms with Gasteiger partial charge in [-0.15, -0.1) is 0 Å². The van der Waals surface area contributed by atoms with Gasteiger partial charge in [-0.05, 0) is 32.9 Å². The Kier molecular flexibility index (Phi) is 4.97. The van der Waals surface area contributed by atoms with Gasteiger partial charge in [0.05, 0.1) is 6.10 Å². The van der Waals surface area contributed by atoms with E-state index in [1.54, 1.807) is 25.1 Å². The van der Waals surface area contributed by atoms with Crippen LogP contribution in [0.15, 0.2) is 18.2 Å². The third-order valence-electron chi connectivity index (χ3n) is 2.55. The summed E-state index contributed by atoms with van der Waals surface area (Å²) in [6.07, 6.45) is -0.0124. The van der Waals surface area contributed by atoms with Crippen LogP contribution >= 0.6 is 0 Å². The summed E-state index contributed by atoms with van der Waals surface area (Å²) < 4.78 is 5.32. The fourth-order valence-corrected chi connectivity index (χ4v) is 1.54. The fourth-order valence-electron chi connectivity index (χ4n) is 1.54. The maximum atomic E-state index is 11.8. The van der Waals surface area contributed by atoms with Gasteiger partial charge in [0, 0.05) is 24.3 Å². The van der Waals surface area contributed by atoms with Crippen molar-refractivity contribution in [3.05, 3.63) is 29.3 Å². The topological polar surface area (TPSA) is 58.6 Å². The smallest absolute Gasteiger partial charge is 0.251 e. The maximum Gasteiger partial charge on any atom is 0.251 e. The van der Waals surface area contributed by atoms with Gasteiger partial charge in [0.25, 0.3) is 5.91 Å². The number of aromatic hydroxyl groups is 1. The molecule has 1 unspecified atom stereocenters. The Hall–Kier alpha value is -1.55. The van der Waals surface area contributed by atoms with E-state index in [1.165, 1.54) is 0 Å². The number of ether oxygens (including phenoxy) is 1. The highest BCUT2D eigenvalue weighted by Crippen LogP contribution is 2.19. The van der Waals surface area contributed by atoms with E-state index in [1.807, 2.05) is 13.8 Å². The predicted octanol–water partition coefficient (Wildman–Crippen LogP) is 1.86. The zero-order valence-electron chi connectivity index (χ0n) is 10.5. The van der Waals surface area contributed by atoms with Crippen LogP contribution in [0.25, 0.3) is 0 Å². The minimum absolute atomic E-state index is 0.0124. The van der Waals surface area contributed by atoms with Gasteiger partial charge in [0.2, 0.25) is 0 Å². The van der Waals surface area contributed by atoms with Crippen molar-refractivity contribution >= 4 is 5.91 Å². The molecule has 4 nitrogen and oxygen atoms in total. The van der Waals surface area contributed by atoms with Crippen molar-refractivity contribution in [1.29, 1.82) is 0 Å². The second-order valence-corrected chi connectivity index (χ2v) is 3.93. The molecule has 0 aliphatic rings. The third kappa shape index (κ3) is 3.75. The Morgan fingerprint density at radius 1 is 1.53 bits per heavy atom. The van der Waals surface area contributed by atoms with Gasteiger partial charge in [0.1, 0.15) is 5.75 Å². The molecule has 1 rings (SSSR count). The van der Waals surface area contributed by atoms with Gasteiger partial charge in [-0.25, -0.2) is 0 Å². The number of phenols is 1. The van der Waals surface area contributed by atoms with Crippen molar-refractivity contribution in [2.75, 3.05) is 13.2 Å². The first-order valence-corrected chi connectivity index (χ1v) is 5.74. The van der Waals surface area contributed by atoms with Crippen molar-refractivity contribution < 1.29 is 14.6 Å². The molecule has 17 heavy (non-hydrogen) atoms. The number of amides is 1.